The first-order valence-electron chi connectivity index (χ1n) is 28.8. The second kappa shape index (κ2) is 51.2. The molecule has 0 saturated heterocycles. The molecule has 0 saturated carbocycles. The summed E-state index contributed by atoms with van der Waals surface area (Å²) in [5.41, 5.74) is 0. The lowest BCUT2D eigenvalue weighted by atomic mass is 10.0. The average molecular weight is 1020 g/mol. The van der Waals surface area contributed by atoms with Gasteiger partial charge < -0.3 is 28.5 Å². The van der Waals surface area contributed by atoms with Crippen LogP contribution in [0.5, 0.6) is 0 Å². The molecule has 0 aliphatic heterocycles. The third-order valence-electron chi connectivity index (χ3n) is 12.1. The number of nitrogens with zero attached hydrogens (tertiary/aromatic N) is 1. The van der Waals surface area contributed by atoms with Gasteiger partial charge in [0.2, 0.25) is 5.91 Å². The van der Waals surface area contributed by atoms with Crippen LogP contribution in [0.25, 0.3) is 0 Å². The summed E-state index contributed by atoms with van der Waals surface area (Å²) >= 11 is 0. The zero-order valence-electron chi connectivity index (χ0n) is 46.8. The van der Waals surface area contributed by atoms with Crippen molar-refractivity contribution in [3.63, 3.8) is 0 Å². The monoisotopic (exact) mass is 1020 g/mol. The zero-order chi connectivity index (χ0) is 52.9. The average Bonchev–Trinajstić information content (AvgIpc) is 3.34. The Labute approximate surface area is 442 Å². The molecular formula is C62H107N2O7P. The molecule has 0 heterocycles. The summed E-state index contributed by atoms with van der Waals surface area (Å²) < 4.78 is 30.2. The van der Waals surface area contributed by atoms with E-state index in [9.17, 15) is 19.0 Å². The van der Waals surface area contributed by atoms with Gasteiger partial charge in [0, 0.05) is 12.8 Å². The van der Waals surface area contributed by atoms with Crippen LogP contribution in [0.1, 0.15) is 220 Å². The first-order valence-corrected chi connectivity index (χ1v) is 30.3. The normalized spacial score (nSPS) is 14.6. The van der Waals surface area contributed by atoms with Crippen molar-refractivity contribution in [3.8, 4) is 0 Å². The summed E-state index contributed by atoms with van der Waals surface area (Å²) in [6.45, 7) is 6.62. The number of phosphoric acid groups is 1. The van der Waals surface area contributed by atoms with E-state index < -0.39 is 32.5 Å². The van der Waals surface area contributed by atoms with Crippen molar-refractivity contribution >= 4 is 19.7 Å². The number of likely N-dealkylation sites (N-methyl/N-ethyl adjacent to an activating group) is 1. The maximum absolute atomic E-state index is 13.5. The summed E-state index contributed by atoms with van der Waals surface area (Å²) in [4.78, 5) is 39.9. The third-order valence-corrected chi connectivity index (χ3v) is 13.1. The topological polar surface area (TPSA) is 114 Å². The highest BCUT2D eigenvalue weighted by Gasteiger charge is 2.27. The summed E-state index contributed by atoms with van der Waals surface area (Å²) in [5.74, 6) is -0.630. The van der Waals surface area contributed by atoms with Crippen molar-refractivity contribution < 1.29 is 37.3 Å². The van der Waals surface area contributed by atoms with Gasteiger partial charge in [0.15, 0.2) is 0 Å². The second-order valence-electron chi connectivity index (χ2n) is 20.2. The number of hydrogen-bond acceptors (Lipinski definition) is 7. The fourth-order valence-electron chi connectivity index (χ4n) is 7.66. The Morgan fingerprint density at radius 2 is 0.889 bits per heavy atom. The van der Waals surface area contributed by atoms with Crippen molar-refractivity contribution in [1.29, 1.82) is 0 Å². The van der Waals surface area contributed by atoms with Gasteiger partial charge in [-0.3, -0.25) is 14.2 Å². The minimum absolute atomic E-state index is 0.0407. The molecular weight excluding hydrogens is 916 g/mol. The standard InChI is InChI=1S/C62H107N2O7P/c1-7-10-13-16-19-22-25-28-30-32-34-37-40-43-46-49-52-55-62(66)71-60(53-50-47-44-41-38-35-27-24-21-18-15-12-9-3)59(58-70-72(67,68)69-57-56-64(4,5)6)63-61(65)54-51-48-45-42-39-36-33-31-29-26-23-20-17-14-11-8-2/h10,13,16,19,22,25,28,30-34,36-37,39-40,50,53,59-60H,7-9,11-12,14-15,17-18,20-21,23-24,26-27,29,35,38,41-49,51-52,54-58H2,1-6H3,(H-,63,65,67,68)/b13-10-,19-16+,25-22+,30-28-,33-31+,34-32+,39-36+,40-37+,53-50+. The molecule has 0 rings (SSSR count). The van der Waals surface area contributed by atoms with Gasteiger partial charge in [-0.2, -0.15) is 0 Å². The van der Waals surface area contributed by atoms with E-state index in [1.807, 2.05) is 88.0 Å². The molecule has 0 aromatic heterocycles. The van der Waals surface area contributed by atoms with Gasteiger partial charge in [-0.15, -0.1) is 0 Å². The molecule has 1 N–H and O–H groups in total. The number of rotatable bonds is 50. The Morgan fingerprint density at radius 3 is 1.35 bits per heavy atom. The highest BCUT2D eigenvalue weighted by Crippen LogP contribution is 2.38. The SMILES string of the molecule is CC\C=C/C=C/C=C/C=C\C=C\C=C\CCCCCC(=O)OC(/C=C/CCCCCCCCCCCCC)C(COP(=O)([O-])OCC[N+](C)(C)C)NC(=O)CCCCC/C=C/C=C/CCCCCCCCC. The number of phosphoric ester groups is 1. The number of allylic oxidation sites excluding steroid dienone is 17. The Kier molecular flexibility index (Phi) is 48.8. The number of carbonyl (C=O) groups excluding carboxylic acids is 2. The van der Waals surface area contributed by atoms with Crippen molar-refractivity contribution in [3.05, 3.63) is 109 Å². The van der Waals surface area contributed by atoms with Crippen molar-refractivity contribution in [2.45, 2.75) is 232 Å². The maximum Gasteiger partial charge on any atom is 0.306 e. The van der Waals surface area contributed by atoms with E-state index >= 15 is 0 Å². The largest absolute Gasteiger partial charge is 0.756 e. The molecule has 412 valence electrons. The first kappa shape index (κ1) is 68.7. The molecule has 10 heteroatoms. The first-order chi connectivity index (χ1) is 34.9. The van der Waals surface area contributed by atoms with E-state index in [-0.39, 0.29) is 25.4 Å². The van der Waals surface area contributed by atoms with E-state index in [0.29, 0.717) is 23.9 Å². The van der Waals surface area contributed by atoms with Crippen LogP contribution in [-0.2, 0) is 27.9 Å². The van der Waals surface area contributed by atoms with Crippen molar-refractivity contribution in [1.82, 2.24) is 5.32 Å². The van der Waals surface area contributed by atoms with E-state index in [4.69, 9.17) is 13.8 Å². The minimum Gasteiger partial charge on any atom is -0.756 e. The van der Waals surface area contributed by atoms with Crippen LogP contribution >= 0.6 is 7.82 Å². The molecule has 3 atom stereocenters. The molecule has 0 bridgehead atoms. The number of unbranched alkanes of at least 4 members (excludes halogenated alkanes) is 24. The predicted molar refractivity (Wildman–Crippen MR) is 307 cm³/mol. The summed E-state index contributed by atoms with van der Waals surface area (Å²) in [5, 5.41) is 2.99. The zero-order valence-corrected chi connectivity index (χ0v) is 47.7. The Balaban J connectivity index is 5.53. The van der Waals surface area contributed by atoms with Crippen LogP contribution in [-0.4, -0.2) is 69.4 Å². The van der Waals surface area contributed by atoms with Crippen LogP contribution in [0, 0.1) is 0 Å². The molecule has 1 amide bonds. The number of ether oxygens (including phenoxy) is 1. The molecule has 0 fully saturated rings. The van der Waals surface area contributed by atoms with Crippen LogP contribution in [0.4, 0.5) is 0 Å². The van der Waals surface area contributed by atoms with Crippen LogP contribution < -0.4 is 10.2 Å². The fraction of sp³-hybridized carbons (Fsp3) is 0.677. The van der Waals surface area contributed by atoms with Gasteiger partial charge in [0.25, 0.3) is 7.82 Å². The molecule has 0 spiro atoms. The minimum atomic E-state index is -4.72. The summed E-state index contributed by atoms with van der Waals surface area (Å²) in [6, 6.07) is -0.927. The van der Waals surface area contributed by atoms with Crippen molar-refractivity contribution in [2.75, 3.05) is 40.9 Å². The number of amides is 1. The van der Waals surface area contributed by atoms with Crippen molar-refractivity contribution in [2.24, 2.45) is 0 Å². The highest BCUT2D eigenvalue weighted by atomic mass is 31.2. The molecule has 0 aromatic carbocycles. The predicted octanol–water partition coefficient (Wildman–Crippen LogP) is 16.7. The van der Waals surface area contributed by atoms with Crippen LogP contribution in [0.15, 0.2) is 109 Å². The number of hydrogen-bond donors (Lipinski definition) is 1. The van der Waals surface area contributed by atoms with Gasteiger partial charge in [-0.05, 0) is 76.7 Å². The Morgan fingerprint density at radius 1 is 0.500 bits per heavy atom. The highest BCUT2D eigenvalue weighted by molar-refractivity contribution is 7.45. The number of esters is 1. The van der Waals surface area contributed by atoms with Gasteiger partial charge in [-0.1, -0.05) is 240 Å². The lowest BCUT2D eigenvalue weighted by molar-refractivity contribution is -0.870. The van der Waals surface area contributed by atoms with Gasteiger partial charge >= 0.3 is 5.97 Å². The molecule has 3 unspecified atom stereocenters. The number of quaternary nitrogens is 1. The van der Waals surface area contributed by atoms with E-state index in [1.54, 1.807) is 6.08 Å². The van der Waals surface area contributed by atoms with Gasteiger partial charge in [0.05, 0.1) is 33.8 Å². The summed E-state index contributed by atoms with van der Waals surface area (Å²) in [6.07, 6.45) is 69.1. The number of carbonyl (C=O) groups is 2. The Hall–Kier alpha value is -3.33. The lowest BCUT2D eigenvalue weighted by Gasteiger charge is -2.30. The maximum atomic E-state index is 13.5. The number of nitrogens with one attached hydrogen (secondary N) is 1. The van der Waals surface area contributed by atoms with Gasteiger partial charge in [0.1, 0.15) is 19.3 Å². The lowest BCUT2D eigenvalue weighted by Crippen LogP contribution is -2.47. The third kappa shape index (κ3) is 51.6. The molecule has 9 nitrogen and oxygen atoms in total. The van der Waals surface area contributed by atoms with Crippen LogP contribution in [0.3, 0.4) is 0 Å². The summed E-state index contributed by atoms with van der Waals surface area (Å²) in [7, 11) is 1.12. The second-order valence-corrected chi connectivity index (χ2v) is 21.7. The van der Waals surface area contributed by atoms with Crippen LogP contribution in [0.2, 0.25) is 0 Å². The molecule has 0 aliphatic rings. The van der Waals surface area contributed by atoms with Gasteiger partial charge in [-0.25, -0.2) is 0 Å². The fourth-order valence-corrected chi connectivity index (χ4v) is 8.38. The molecule has 0 aliphatic carbocycles. The van der Waals surface area contributed by atoms with E-state index in [2.05, 4.69) is 62.5 Å². The quantitative estimate of drug-likeness (QED) is 0.0161. The molecule has 0 radical (unpaired) electrons. The molecule has 0 aromatic rings. The van der Waals surface area contributed by atoms with E-state index in [0.717, 1.165) is 70.6 Å². The van der Waals surface area contributed by atoms with E-state index in [1.165, 1.54) is 103 Å². The molecule has 72 heavy (non-hydrogen) atoms. The Bertz CT molecular complexity index is 1600. The smallest absolute Gasteiger partial charge is 0.306 e.